The summed E-state index contributed by atoms with van der Waals surface area (Å²) in [6.07, 6.45) is 6.09. The number of pyridine rings is 1. The summed E-state index contributed by atoms with van der Waals surface area (Å²) in [4.78, 5) is 21.5. The Labute approximate surface area is 84.8 Å². The van der Waals surface area contributed by atoms with E-state index in [2.05, 4.69) is 15.0 Å². The molecule has 0 amide bonds. The molecule has 0 unspecified atom stereocenters. The molecule has 0 atom stereocenters. The van der Waals surface area contributed by atoms with E-state index in [9.17, 15) is 10.1 Å². The fraction of sp³-hybridized carbons (Fsp3) is 0. The van der Waals surface area contributed by atoms with Gasteiger partial charge in [0.2, 0.25) is 0 Å². The topological polar surface area (TPSA) is 81.8 Å². The molecule has 0 saturated heterocycles. The quantitative estimate of drug-likeness (QED) is 0.543. The van der Waals surface area contributed by atoms with E-state index in [4.69, 9.17) is 0 Å². The minimum Gasteiger partial charge on any atom is -0.358 e. The minimum atomic E-state index is -0.541. The zero-order valence-corrected chi connectivity index (χ0v) is 7.57. The first-order valence-electron chi connectivity index (χ1n) is 4.14. The van der Waals surface area contributed by atoms with Crippen molar-refractivity contribution in [1.29, 1.82) is 0 Å². The molecule has 0 bridgehead atoms. The lowest BCUT2D eigenvalue weighted by atomic mass is 10.2. The van der Waals surface area contributed by atoms with Crippen LogP contribution in [-0.4, -0.2) is 19.9 Å². The van der Waals surface area contributed by atoms with Gasteiger partial charge in [-0.15, -0.1) is 0 Å². The number of nitro groups is 1. The van der Waals surface area contributed by atoms with Crippen LogP contribution in [0.3, 0.4) is 0 Å². The fourth-order valence-electron chi connectivity index (χ4n) is 1.09. The molecule has 6 heteroatoms. The van der Waals surface area contributed by atoms with Crippen LogP contribution in [0.5, 0.6) is 0 Å². The van der Waals surface area contributed by atoms with E-state index in [1.807, 2.05) is 0 Å². The molecule has 0 aliphatic rings. The Morgan fingerprint density at radius 3 is 2.53 bits per heavy atom. The molecule has 0 aliphatic carbocycles. The van der Waals surface area contributed by atoms with E-state index in [-0.39, 0.29) is 5.82 Å². The van der Waals surface area contributed by atoms with Gasteiger partial charge in [0.25, 0.3) is 0 Å². The van der Waals surface area contributed by atoms with Crippen molar-refractivity contribution in [3.05, 3.63) is 47.0 Å². The highest BCUT2D eigenvalue weighted by atomic mass is 16.6. The van der Waals surface area contributed by atoms with Crippen LogP contribution in [0, 0.1) is 10.1 Å². The Morgan fingerprint density at radius 2 is 2.00 bits per heavy atom. The molecule has 0 spiro atoms. The summed E-state index contributed by atoms with van der Waals surface area (Å²) in [5, 5.41) is 10.4. The molecule has 15 heavy (non-hydrogen) atoms. The molecule has 6 nitrogen and oxygen atoms in total. The van der Waals surface area contributed by atoms with Gasteiger partial charge in [-0.1, -0.05) is 0 Å². The third kappa shape index (κ3) is 1.93. The molecular weight excluding hydrogens is 196 g/mol. The van der Waals surface area contributed by atoms with E-state index in [1.165, 1.54) is 12.3 Å². The maximum absolute atomic E-state index is 10.4. The molecular formula is C9H6N4O2. The van der Waals surface area contributed by atoms with Crippen LogP contribution in [0.4, 0.5) is 5.82 Å². The van der Waals surface area contributed by atoms with Crippen LogP contribution in [0.15, 0.2) is 36.9 Å². The molecule has 0 saturated carbocycles. The third-order valence-electron chi connectivity index (χ3n) is 1.79. The van der Waals surface area contributed by atoms with Crippen LogP contribution >= 0.6 is 0 Å². The molecule has 2 aromatic rings. The van der Waals surface area contributed by atoms with Crippen molar-refractivity contribution in [3.8, 4) is 11.3 Å². The highest BCUT2D eigenvalue weighted by Crippen LogP contribution is 2.16. The second-order valence-corrected chi connectivity index (χ2v) is 2.75. The van der Waals surface area contributed by atoms with Gasteiger partial charge >= 0.3 is 5.82 Å². The van der Waals surface area contributed by atoms with Gasteiger partial charge in [0, 0.05) is 24.0 Å². The lowest BCUT2D eigenvalue weighted by Gasteiger charge is -1.96. The second kappa shape index (κ2) is 3.79. The van der Waals surface area contributed by atoms with Gasteiger partial charge in [0.1, 0.15) is 6.20 Å². The van der Waals surface area contributed by atoms with Crippen LogP contribution in [0.1, 0.15) is 0 Å². The van der Waals surface area contributed by atoms with Crippen LogP contribution in [0.2, 0.25) is 0 Å². The van der Waals surface area contributed by atoms with Gasteiger partial charge in [-0.2, -0.15) is 0 Å². The maximum atomic E-state index is 10.4. The van der Waals surface area contributed by atoms with E-state index >= 15 is 0 Å². The van der Waals surface area contributed by atoms with E-state index in [0.717, 1.165) is 0 Å². The first-order valence-corrected chi connectivity index (χ1v) is 4.14. The number of nitrogens with zero attached hydrogens (tertiary/aromatic N) is 4. The predicted molar refractivity (Wildman–Crippen MR) is 51.9 cm³/mol. The standard InChI is InChI=1S/C9H6N4O2/c14-13(15)9-2-1-7(5-12-9)8-6-10-3-4-11-8/h1-6H. The average molecular weight is 202 g/mol. The van der Waals surface area contributed by atoms with Crippen LogP contribution < -0.4 is 0 Å². The summed E-state index contributed by atoms with van der Waals surface area (Å²) in [6, 6.07) is 2.93. The first kappa shape index (κ1) is 9.20. The van der Waals surface area contributed by atoms with E-state index < -0.39 is 4.92 Å². The molecule has 0 N–H and O–H groups in total. The number of hydrogen-bond acceptors (Lipinski definition) is 5. The molecule has 0 radical (unpaired) electrons. The SMILES string of the molecule is O=[N+]([O-])c1ccc(-c2cnccn2)cn1. The predicted octanol–water partition coefficient (Wildman–Crippen LogP) is 1.45. The molecule has 2 heterocycles. The second-order valence-electron chi connectivity index (χ2n) is 2.75. The summed E-state index contributed by atoms with van der Waals surface area (Å²) in [7, 11) is 0. The summed E-state index contributed by atoms with van der Waals surface area (Å²) < 4.78 is 0. The monoisotopic (exact) mass is 202 g/mol. The normalized spacial score (nSPS) is 9.87. The van der Waals surface area contributed by atoms with Crippen molar-refractivity contribution >= 4 is 5.82 Å². The maximum Gasteiger partial charge on any atom is 0.363 e. The van der Waals surface area contributed by atoms with Crippen LogP contribution in [-0.2, 0) is 0 Å². The number of rotatable bonds is 2. The number of hydrogen-bond donors (Lipinski definition) is 0. The third-order valence-corrected chi connectivity index (χ3v) is 1.79. The molecule has 0 aromatic carbocycles. The largest absolute Gasteiger partial charge is 0.363 e. The Kier molecular flexibility index (Phi) is 2.32. The fourth-order valence-corrected chi connectivity index (χ4v) is 1.09. The average Bonchev–Trinajstić information content (AvgIpc) is 2.30. The Bertz CT molecular complexity index is 469. The van der Waals surface area contributed by atoms with Crippen molar-refractivity contribution in [2.75, 3.05) is 0 Å². The summed E-state index contributed by atoms with van der Waals surface area (Å²) in [5.41, 5.74) is 1.34. The summed E-state index contributed by atoms with van der Waals surface area (Å²) >= 11 is 0. The van der Waals surface area contributed by atoms with Crippen molar-refractivity contribution < 1.29 is 4.92 Å². The van der Waals surface area contributed by atoms with E-state index in [0.29, 0.717) is 11.3 Å². The van der Waals surface area contributed by atoms with Gasteiger partial charge < -0.3 is 10.1 Å². The molecule has 2 rings (SSSR count). The Balaban J connectivity index is 2.36. The summed E-state index contributed by atoms with van der Waals surface area (Å²) in [5.74, 6) is -0.178. The van der Waals surface area contributed by atoms with Crippen molar-refractivity contribution in [1.82, 2.24) is 15.0 Å². The van der Waals surface area contributed by atoms with E-state index in [1.54, 1.807) is 24.7 Å². The number of aromatic nitrogens is 3. The van der Waals surface area contributed by atoms with Crippen molar-refractivity contribution in [3.63, 3.8) is 0 Å². The van der Waals surface area contributed by atoms with Gasteiger partial charge in [-0.05, 0) is 16.0 Å². The first-order chi connectivity index (χ1) is 7.27. The highest BCUT2D eigenvalue weighted by Gasteiger charge is 2.07. The lowest BCUT2D eigenvalue weighted by molar-refractivity contribution is -0.389. The smallest absolute Gasteiger partial charge is 0.358 e. The van der Waals surface area contributed by atoms with Gasteiger partial charge in [0.15, 0.2) is 0 Å². The zero-order chi connectivity index (χ0) is 10.7. The van der Waals surface area contributed by atoms with Crippen molar-refractivity contribution in [2.24, 2.45) is 0 Å². The minimum absolute atomic E-state index is 0.178. The highest BCUT2D eigenvalue weighted by molar-refractivity contribution is 5.57. The van der Waals surface area contributed by atoms with Gasteiger partial charge in [-0.25, -0.2) is 0 Å². The zero-order valence-electron chi connectivity index (χ0n) is 7.57. The lowest BCUT2D eigenvalue weighted by Crippen LogP contribution is -1.92. The molecule has 0 fully saturated rings. The molecule has 2 aromatic heterocycles. The molecule has 0 aliphatic heterocycles. The molecule has 74 valence electrons. The van der Waals surface area contributed by atoms with Gasteiger partial charge in [-0.3, -0.25) is 9.97 Å². The Morgan fingerprint density at radius 1 is 1.13 bits per heavy atom. The Hall–Kier alpha value is -2.37. The summed E-state index contributed by atoms with van der Waals surface area (Å²) in [6.45, 7) is 0. The van der Waals surface area contributed by atoms with Crippen molar-refractivity contribution in [2.45, 2.75) is 0 Å². The van der Waals surface area contributed by atoms with Gasteiger partial charge in [0.05, 0.1) is 11.9 Å². The van der Waals surface area contributed by atoms with Crippen LogP contribution in [0.25, 0.3) is 11.3 Å².